The van der Waals surface area contributed by atoms with Crippen molar-refractivity contribution >= 4 is 11.9 Å². The van der Waals surface area contributed by atoms with Crippen molar-refractivity contribution in [3.05, 3.63) is 130 Å². The molecule has 0 atom stereocenters. The molecule has 4 rings (SSSR count). The van der Waals surface area contributed by atoms with E-state index in [2.05, 4.69) is 0 Å². The molecule has 40 heavy (non-hydrogen) atoms. The van der Waals surface area contributed by atoms with Gasteiger partial charge in [0.05, 0.1) is 24.3 Å². The van der Waals surface area contributed by atoms with Gasteiger partial charge in [-0.2, -0.15) is 0 Å². The zero-order valence-electron chi connectivity index (χ0n) is 22.4. The Morgan fingerprint density at radius 1 is 0.450 bits per heavy atom. The number of carbonyl (C=O) groups is 2. The van der Waals surface area contributed by atoms with Crippen LogP contribution in [-0.4, -0.2) is 48.6 Å². The SMILES string of the molecule is O=C(OCCc1ccc(CCO)cc1)c1ccc(-c2ccc(C(=O)OCCc3ccc(CCO)cc3)cc2)cc1. The van der Waals surface area contributed by atoms with Crippen molar-refractivity contribution in [1.82, 2.24) is 0 Å². The minimum absolute atomic E-state index is 0.125. The second kappa shape index (κ2) is 14.8. The summed E-state index contributed by atoms with van der Waals surface area (Å²) in [6.45, 7) is 0.823. The van der Waals surface area contributed by atoms with E-state index in [1.807, 2.05) is 72.8 Å². The smallest absolute Gasteiger partial charge is 0.338 e. The first-order chi connectivity index (χ1) is 19.6. The van der Waals surface area contributed by atoms with Crippen molar-refractivity contribution in [2.45, 2.75) is 25.7 Å². The molecule has 0 spiro atoms. The first-order valence-corrected chi connectivity index (χ1v) is 13.5. The van der Waals surface area contributed by atoms with Gasteiger partial charge in [0.25, 0.3) is 0 Å². The number of aliphatic hydroxyl groups is 2. The monoisotopic (exact) mass is 538 g/mol. The molecule has 0 aliphatic rings. The number of aliphatic hydroxyl groups excluding tert-OH is 2. The summed E-state index contributed by atoms with van der Waals surface area (Å²) in [6.07, 6.45) is 2.50. The van der Waals surface area contributed by atoms with Gasteiger partial charge in [0.15, 0.2) is 0 Å². The maximum absolute atomic E-state index is 12.4. The highest BCUT2D eigenvalue weighted by Gasteiger charge is 2.10. The van der Waals surface area contributed by atoms with Gasteiger partial charge in [0, 0.05) is 26.1 Å². The van der Waals surface area contributed by atoms with Crippen molar-refractivity contribution in [3.63, 3.8) is 0 Å². The molecule has 0 radical (unpaired) electrons. The fraction of sp³-hybridized carbons (Fsp3) is 0.235. The lowest BCUT2D eigenvalue weighted by Gasteiger charge is -2.08. The zero-order chi connectivity index (χ0) is 28.2. The summed E-state index contributed by atoms with van der Waals surface area (Å²) in [4.78, 5) is 24.9. The van der Waals surface area contributed by atoms with Crippen LogP contribution in [0.25, 0.3) is 11.1 Å². The number of esters is 2. The predicted octanol–water partition coefficient (Wildman–Crippen LogP) is 5.22. The largest absolute Gasteiger partial charge is 0.462 e. The van der Waals surface area contributed by atoms with Crippen molar-refractivity contribution in [3.8, 4) is 11.1 Å². The molecule has 0 aliphatic carbocycles. The predicted molar refractivity (Wildman–Crippen MR) is 154 cm³/mol. The number of carbonyl (C=O) groups excluding carboxylic acids is 2. The molecule has 0 aromatic heterocycles. The molecule has 0 fully saturated rings. The van der Waals surface area contributed by atoms with Crippen LogP contribution < -0.4 is 0 Å². The molecule has 2 N–H and O–H groups in total. The summed E-state index contributed by atoms with van der Waals surface area (Å²) < 4.78 is 10.9. The van der Waals surface area contributed by atoms with Gasteiger partial charge >= 0.3 is 11.9 Å². The molecule has 0 bridgehead atoms. The number of ether oxygens (including phenoxy) is 2. The number of hydrogen-bond acceptors (Lipinski definition) is 6. The van der Waals surface area contributed by atoms with Crippen LogP contribution in [0.5, 0.6) is 0 Å². The van der Waals surface area contributed by atoms with Crippen LogP contribution in [0.2, 0.25) is 0 Å². The van der Waals surface area contributed by atoms with Gasteiger partial charge in [-0.1, -0.05) is 72.8 Å². The number of benzene rings is 4. The van der Waals surface area contributed by atoms with Crippen LogP contribution >= 0.6 is 0 Å². The van der Waals surface area contributed by atoms with E-state index >= 15 is 0 Å². The van der Waals surface area contributed by atoms with Crippen molar-refractivity contribution in [2.24, 2.45) is 0 Å². The fourth-order valence-corrected chi connectivity index (χ4v) is 4.29. The second-order valence-corrected chi connectivity index (χ2v) is 9.51. The Balaban J connectivity index is 1.23. The first kappa shape index (κ1) is 28.7. The standard InChI is InChI=1S/C34H34O6/c35-21-17-25-1-5-27(6-2-25)19-23-39-33(37)31-13-9-29(10-14-31)30-11-15-32(16-12-30)34(38)40-24-20-28-7-3-26(4-8-28)18-22-36/h1-16,35-36H,17-24H2. The maximum atomic E-state index is 12.4. The summed E-state index contributed by atoms with van der Waals surface area (Å²) >= 11 is 0. The average Bonchev–Trinajstić information content (AvgIpc) is 2.99. The topological polar surface area (TPSA) is 93.1 Å². The van der Waals surface area contributed by atoms with Crippen LogP contribution in [-0.2, 0) is 35.2 Å². The van der Waals surface area contributed by atoms with E-state index < -0.39 is 0 Å². The van der Waals surface area contributed by atoms with Crippen LogP contribution in [0.15, 0.2) is 97.1 Å². The Morgan fingerprint density at radius 2 is 0.750 bits per heavy atom. The van der Waals surface area contributed by atoms with E-state index in [4.69, 9.17) is 19.7 Å². The molecule has 0 saturated heterocycles. The maximum Gasteiger partial charge on any atom is 0.338 e. The molecule has 0 aliphatic heterocycles. The van der Waals surface area contributed by atoms with E-state index in [1.165, 1.54) is 0 Å². The van der Waals surface area contributed by atoms with Crippen LogP contribution in [0.3, 0.4) is 0 Å². The van der Waals surface area contributed by atoms with Gasteiger partial charge in [-0.05, 0) is 70.5 Å². The third kappa shape index (κ3) is 8.37. The Kier molecular flexibility index (Phi) is 10.6. The molecule has 0 unspecified atom stereocenters. The lowest BCUT2D eigenvalue weighted by Crippen LogP contribution is -2.08. The van der Waals surface area contributed by atoms with Gasteiger partial charge in [-0.25, -0.2) is 9.59 Å². The lowest BCUT2D eigenvalue weighted by atomic mass is 10.0. The minimum atomic E-state index is -0.373. The van der Waals surface area contributed by atoms with E-state index in [0.29, 0.717) is 36.8 Å². The highest BCUT2D eigenvalue weighted by atomic mass is 16.5. The molecule has 0 heterocycles. The van der Waals surface area contributed by atoms with E-state index in [-0.39, 0.29) is 38.4 Å². The van der Waals surface area contributed by atoms with Crippen LogP contribution in [0.1, 0.15) is 43.0 Å². The van der Waals surface area contributed by atoms with Crippen molar-refractivity contribution in [2.75, 3.05) is 26.4 Å². The third-order valence-corrected chi connectivity index (χ3v) is 6.67. The Hall–Kier alpha value is -4.26. The molecular formula is C34H34O6. The van der Waals surface area contributed by atoms with Crippen LogP contribution in [0.4, 0.5) is 0 Å². The first-order valence-electron chi connectivity index (χ1n) is 13.5. The van der Waals surface area contributed by atoms with Gasteiger partial charge in [0.2, 0.25) is 0 Å². The van der Waals surface area contributed by atoms with Crippen molar-refractivity contribution < 1.29 is 29.3 Å². The van der Waals surface area contributed by atoms with Gasteiger partial charge in [0.1, 0.15) is 0 Å². The van der Waals surface area contributed by atoms with Gasteiger partial charge in [-0.3, -0.25) is 0 Å². The molecule has 6 nitrogen and oxygen atoms in total. The normalized spacial score (nSPS) is 10.8. The quantitative estimate of drug-likeness (QED) is 0.227. The second-order valence-electron chi connectivity index (χ2n) is 9.51. The van der Waals surface area contributed by atoms with Gasteiger partial charge in [-0.15, -0.1) is 0 Å². The summed E-state index contributed by atoms with van der Waals surface area (Å²) in [5.74, 6) is -0.745. The summed E-state index contributed by atoms with van der Waals surface area (Å²) in [5.41, 5.74) is 7.09. The minimum Gasteiger partial charge on any atom is -0.462 e. The Labute approximate surface area is 234 Å². The summed E-state index contributed by atoms with van der Waals surface area (Å²) in [7, 11) is 0. The molecule has 4 aromatic rings. The van der Waals surface area contributed by atoms with E-state index in [1.54, 1.807) is 24.3 Å². The molecule has 4 aromatic carbocycles. The lowest BCUT2D eigenvalue weighted by molar-refractivity contribution is 0.0500. The Bertz CT molecular complexity index is 1250. The molecular weight excluding hydrogens is 504 g/mol. The molecule has 6 heteroatoms. The number of rotatable bonds is 13. The highest BCUT2D eigenvalue weighted by molar-refractivity contribution is 5.91. The molecule has 0 saturated carbocycles. The van der Waals surface area contributed by atoms with Gasteiger partial charge < -0.3 is 19.7 Å². The average molecular weight is 539 g/mol. The highest BCUT2D eigenvalue weighted by Crippen LogP contribution is 2.21. The zero-order valence-corrected chi connectivity index (χ0v) is 22.4. The molecule has 206 valence electrons. The van der Waals surface area contributed by atoms with E-state index in [9.17, 15) is 9.59 Å². The summed E-state index contributed by atoms with van der Waals surface area (Å²) in [6, 6.07) is 30.2. The number of hydrogen-bond donors (Lipinski definition) is 2. The molecule has 0 amide bonds. The summed E-state index contributed by atoms with van der Waals surface area (Å²) in [5, 5.41) is 18.0. The van der Waals surface area contributed by atoms with Crippen LogP contribution in [0, 0.1) is 0 Å². The Morgan fingerprint density at radius 3 is 1.05 bits per heavy atom. The third-order valence-electron chi connectivity index (χ3n) is 6.67. The van der Waals surface area contributed by atoms with Crippen molar-refractivity contribution in [1.29, 1.82) is 0 Å². The van der Waals surface area contributed by atoms with E-state index in [0.717, 1.165) is 33.4 Å². The fourth-order valence-electron chi connectivity index (χ4n) is 4.29.